The molecule has 0 spiro atoms. The molecule has 4 heteroatoms. The van der Waals surface area contributed by atoms with Crippen LogP contribution in [0.5, 0.6) is 0 Å². The Balaban J connectivity index is 3.05. The Kier molecular flexibility index (Phi) is 3.64. The number of carbonyl (C=O) groups is 1. The highest BCUT2D eigenvalue weighted by Gasteiger charge is 2.06. The van der Waals surface area contributed by atoms with E-state index in [-0.39, 0.29) is 16.9 Å². The molecule has 1 aromatic rings. The summed E-state index contributed by atoms with van der Waals surface area (Å²) in [5.74, 6) is -0.324. The lowest BCUT2D eigenvalue weighted by Crippen LogP contribution is -2.00. The number of hydrogen-bond donors (Lipinski definition) is 0. The molecule has 0 fully saturated rings. The molecule has 0 atom stereocenters. The number of benzene rings is 1. The zero-order valence-corrected chi connectivity index (χ0v) is 9.72. The zero-order chi connectivity index (χ0) is 9.14. The highest BCUT2D eigenvalue weighted by Crippen LogP contribution is 2.13. The molecule has 0 N–H and O–H groups in total. The van der Waals surface area contributed by atoms with Crippen LogP contribution in [-0.4, -0.2) is 11.1 Å². The average Bonchev–Trinajstić information content (AvgIpc) is 2.08. The van der Waals surface area contributed by atoms with Gasteiger partial charge in [-0.25, -0.2) is 4.39 Å². The minimum Gasteiger partial charge on any atom is -0.293 e. The molecular formula is C8H5BrFIO. The van der Waals surface area contributed by atoms with Crippen LogP contribution in [0.25, 0.3) is 0 Å². The van der Waals surface area contributed by atoms with Gasteiger partial charge in [0.1, 0.15) is 5.82 Å². The van der Waals surface area contributed by atoms with Gasteiger partial charge in [-0.1, -0.05) is 15.9 Å². The van der Waals surface area contributed by atoms with E-state index in [1.807, 2.05) is 22.6 Å². The number of hydrogen-bond acceptors (Lipinski definition) is 1. The van der Waals surface area contributed by atoms with Crippen molar-refractivity contribution in [1.29, 1.82) is 0 Å². The highest BCUT2D eigenvalue weighted by atomic mass is 127. The summed E-state index contributed by atoms with van der Waals surface area (Å²) >= 11 is 4.91. The number of ketones is 1. The second-order valence-electron chi connectivity index (χ2n) is 2.19. The summed E-state index contributed by atoms with van der Waals surface area (Å²) < 4.78 is 13.2. The van der Waals surface area contributed by atoms with Crippen molar-refractivity contribution >= 4 is 44.3 Å². The fourth-order valence-electron chi connectivity index (χ4n) is 0.747. The van der Waals surface area contributed by atoms with Gasteiger partial charge in [-0.05, 0) is 40.8 Å². The van der Waals surface area contributed by atoms with Crippen LogP contribution in [-0.2, 0) is 0 Å². The SMILES string of the molecule is O=C(CBr)c1ccc(F)c(I)c1. The van der Waals surface area contributed by atoms with Crippen LogP contribution in [0.1, 0.15) is 10.4 Å². The molecule has 0 bridgehead atoms. The Hall–Kier alpha value is 0.0300. The summed E-state index contributed by atoms with van der Waals surface area (Å²) in [7, 11) is 0. The van der Waals surface area contributed by atoms with Crippen molar-refractivity contribution in [2.45, 2.75) is 0 Å². The number of Topliss-reactive ketones (excluding diaryl/α,β-unsaturated/α-hetero) is 1. The van der Waals surface area contributed by atoms with Gasteiger partial charge in [0.2, 0.25) is 0 Å². The largest absolute Gasteiger partial charge is 0.293 e. The van der Waals surface area contributed by atoms with Gasteiger partial charge in [-0.15, -0.1) is 0 Å². The molecule has 0 aliphatic rings. The molecule has 0 heterocycles. The van der Waals surface area contributed by atoms with Crippen molar-refractivity contribution in [3.8, 4) is 0 Å². The Morgan fingerprint density at radius 2 is 2.25 bits per heavy atom. The van der Waals surface area contributed by atoms with E-state index in [2.05, 4.69) is 15.9 Å². The third-order valence-electron chi connectivity index (χ3n) is 1.36. The van der Waals surface area contributed by atoms with Crippen molar-refractivity contribution in [3.05, 3.63) is 33.1 Å². The van der Waals surface area contributed by atoms with Gasteiger partial charge in [-0.2, -0.15) is 0 Å². The van der Waals surface area contributed by atoms with Crippen LogP contribution >= 0.6 is 38.5 Å². The van der Waals surface area contributed by atoms with Crippen molar-refractivity contribution in [3.63, 3.8) is 0 Å². The third-order valence-corrected chi connectivity index (χ3v) is 2.70. The lowest BCUT2D eigenvalue weighted by Gasteiger charge is -1.98. The van der Waals surface area contributed by atoms with Crippen molar-refractivity contribution in [2.24, 2.45) is 0 Å². The van der Waals surface area contributed by atoms with Gasteiger partial charge in [0.25, 0.3) is 0 Å². The van der Waals surface area contributed by atoms with Crippen molar-refractivity contribution in [1.82, 2.24) is 0 Å². The molecule has 0 amide bonds. The summed E-state index contributed by atoms with van der Waals surface area (Å²) in [5.41, 5.74) is 0.540. The molecule has 0 aliphatic carbocycles. The molecule has 0 aliphatic heterocycles. The fraction of sp³-hybridized carbons (Fsp3) is 0.125. The normalized spacial score (nSPS) is 9.92. The zero-order valence-electron chi connectivity index (χ0n) is 5.98. The van der Waals surface area contributed by atoms with Crippen LogP contribution in [0.3, 0.4) is 0 Å². The van der Waals surface area contributed by atoms with Crippen LogP contribution in [0.15, 0.2) is 18.2 Å². The van der Waals surface area contributed by atoms with E-state index in [0.717, 1.165) is 0 Å². The van der Waals surface area contributed by atoms with Crippen LogP contribution in [0, 0.1) is 9.39 Å². The summed E-state index contributed by atoms with van der Waals surface area (Å²) in [6.07, 6.45) is 0. The minimum atomic E-state index is -0.290. The molecule has 0 unspecified atom stereocenters. The van der Waals surface area contributed by atoms with Crippen LogP contribution in [0.4, 0.5) is 4.39 Å². The Morgan fingerprint density at radius 3 is 2.75 bits per heavy atom. The lowest BCUT2D eigenvalue weighted by atomic mass is 10.1. The van der Waals surface area contributed by atoms with E-state index in [1.165, 1.54) is 12.1 Å². The summed E-state index contributed by atoms with van der Waals surface area (Å²) in [6.45, 7) is 0. The molecule has 0 saturated carbocycles. The van der Waals surface area contributed by atoms with Gasteiger partial charge in [-0.3, -0.25) is 4.79 Å². The first-order valence-corrected chi connectivity index (χ1v) is 5.39. The van der Waals surface area contributed by atoms with E-state index in [9.17, 15) is 9.18 Å². The first-order valence-electron chi connectivity index (χ1n) is 3.19. The standard InChI is InChI=1S/C8H5BrFIO/c9-4-8(12)5-1-2-6(10)7(11)3-5/h1-3H,4H2. The quantitative estimate of drug-likeness (QED) is 0.459. The second kappa shape index (κ2) is 4.32. The fourth-order valence-corrected chi connectivity index (χ4v) is 1.59. The Bertz CT molecular complexity index is 314. The monoisotopic (exact) mass is 342 g/mol. The molecule has 0 saturated heterocycles. The molecule has 1 nitrogen and oxygen atoms in total. The van der Waals surface area contributed by atoms with Gasteiger partial charge < -0.3 is 0 Å². The lowest BCUT2D eigenvalue weighted by molar-refractivity contribution is 0.102. The topological polar surface area (TPSA) is 17.1 Å². The van der Waals surface area contributed by atoms with E-state index in [1.54, 1.807) is 6.07 Å². The highest BCUT2D eigenvalue weighted by molar-refractivity contribution is 14.1. The molecule has 12 heavy (non-hydrogen) atoms. The number of rotatable bonds is 2. The molecule has 1 aromatic carbocycles. The summed E-state index contributed by atoms with van der Waals surface area (Å²) in [4.78, 5) is 11.1. The predicted octanol–water partition coefficient (Wildman–Crippen LogP) is 3.01. The molecular weight excluding hydrogens is 338 g/mol. The van der Waals surface area contributed by atoms with E-state index < -0.39 is 0 Å². The van der Waals surface area contributed by atoms with Gasteiger partial charge in [0.05, 0.1) is 5.33 Å². The number of alkyl halides is 1. The van der Waals surface area contributed by atoms with Crippen molar-refractivity contribution in [2.75, 3.05) is 5.33 Å². The maximum atomic E-state index is 12.7. The maximum Gasteiger partial charge on any atom is 0.173 e. The minimum absolute atomic E-state index is 0.0343. The van der Waals surface area contributed by atoms with Crippen LogP contribution < -0.4 is 0 Å². The second-order valence-corrected chi connectivity index (χ2v) is 3.91. The van der Waals surface area contributed by atoms with E-state index in [0.29, 0.717) is 9.13 Å². The Morgan fingerprint density at radius 1 is 1.58 bits per heavy atom. The smallest absolute Gasteiger partial charge is 0.173 e. The van der Waals surface area contributed by atoms with E-state index >= 15 is 0 Å². The molecule has 0 aromatic heterocycles. The predicted molar refractivity (Wildman–Crippen MR) is 57.2 cm³/mol. The van der Waals surface area contributed by atoms with Crippen LogP contribution in [0.2, 0.25) is 0 Å². The number of carbonyl (C=O) groups excluding carboxylic acids is 1. The molecule has 64 valence electrons. The molecule has 1 rings (SSSR count). The first-order chi connectivity index (χ1) is 5.65. The summed E-state index contributed by atoms with van der Waals surface area (Å²) in [6, 6.07) is 4.33. The first kappa shape index (κ1) is 10.1. The van der Waals surface area contributed by atoms with E-state index in [4.69, 9.17) is 0 Å². The van der Waals surface area contributed by atoms with Crippen molar-refractivity contribution < 1.29 is 9.18 Å². The maximum absolute atomic E-state index is 12.7. The van der Waals surface area contributed by atoms with Gasteiger partial charge >= 0.3 is 0 Å². The molecule has 0 radical (unpaired) electrons. The summed E-state index contributed by atoms with van der Waals surface area (Å²) in [5, 5.41) is 0.273. The number of halogens is 3. The van der Waals surface area contributed by atoms with Gasteiger partial charge in [0.15, 0.2) is 5.78 Å². The third kappa shape index (κ3) is 2.26. The van der Waals surface area contributed by atoms with Gasteiger partial charge in [0, 0.05) is 9.13 Å². The Labute approximate surface area is 91.6 Å². The average molecular weight is 343 g/mol.